The smallest absolute Gasteiger partial charge is 0.316 e. The van der Waals surface area contributed by atoms with Crippen molar-refractivity contribution in [3.05, 3.63) is 65.7 Å². The van der Waals surface area contributed by atoms with Crippen LogP contribution in [0.3, 0.4) is 0 Å². The zero-order valence-electron chi connectivity index (χ0n) is 20.8. The average molecular weight is 497 g/mol. The van der Waals surface area contributed by atoms with Gasteiger partial charge in [0.1, 0.15) is 5.75 Å². The molecule has 7 unspecified atom stereocenters. The van der Waals surface area contributed by atoms with Crippen LogP contribution in [0, 0.1) is 55.3 Å². The third-order valence-electron chi connectivity index (χ3n) is 8.95. The largest absolute Gasteiger partial charge is 0.426 e. The molecule has 2 aromatic rings. The monoisotopic (exact) mass is 496 g/mol. The number of allylic oxidation sites excluding steroid dienone is 2. The number of hydrogen-bond donors (Lipinski definition) is 0. The summed E-state index contributed by atoms with van der Waals surface area (Å²) in [5.41, 5.74) is 3.42. The number of esters is 1. The standard InChI is InChI=1S/C30H28N2O5/c1-15-9-16(2)11-19(10-15)31-14-17(12-25(31)33)30(36)37-20-5-3-18(4-6-20)32-28(34)26-21-7-8-22(24-13-23(21)24)27(26)29(32)35/h3-11,17,21-24,26-27H,12-14H2,1-2H3. The van der Waals surface area contributed by atoms with Gasteiger partial charge in [-0.3, -0.25) is 24.1 Å². The number of amides is 3. The molecule has 2 aromatic carbocycles. The summed E-state index contributed by atoms with van der Waals surface area (Å²) >= 11 is 0. The second kappa shape index (κ2) is 7.88. The molecule has 0 N–H and O–H groups in total. The first-order valence-corrected chi connectivity index (χ1v) is 13.1. The van der Waals surface area contributed by atoms with E-state index in [1.54, 1.807) is 29.2 Å². The minimum Gasteiger partial charge on any atom is -0.426 e. The van der Waals surface area contributed by atoms with Gasteiger partial charge in [-0.05, 0) is 91.5 Å². The summed E-state index contributed by atoms with van der Waals surface area (Å²) in [4.78, 5) is 55.1. The van der Waals surface area contributed by atoms with Gasteiger partial charge in [-0.25, -0.2) is 0 Å². The highest BCUT2D eigenvalue weighted by Gasteiger charge is 2.67. The summed E-state index contributed by atoms with van der Waals surface area (Å²) in [6.07, 6.45) is 5.55. The highest BCUT2D eigenvalue weighted by Crippen LogP contribution is 2.65. The van der Waals surface area contributed by atoms with Gasteiger partial charge in [0.15, 0.2) is 0 Å². The zero-order valence-corrected chi connectivity index (χ0v) is 20.8. The lowest BCUT2D eigenvalue weighted by molar-refractivity contribution is -0.139. The normalized spacial score (nSPS) is 33.1. The Hall–Kier alpha value is -3.74. The van der Waals surface area contributed by atoms with Gasteiger partial charge >= 0.3 is 5.97 Å². The first kappa shape index (κ1) is 22.5. The molecule has 37 heavy (non-hydrogen) atoms. The van der Waals surface area contributed by atoms with Crippen molar-refractivity contribution in [2.75, 3.05) is 16.3 Å². The topological polar surface area (TPSA) is 84.0 Å². The second-order valence-corrected chi connectivity index (χ2v) is 11.3. The van der Waals surface area contributed by atoms with Crippen LogP contribution in [0.15, 0.2) is 54.6 Å². The molecule has 4 fully saturated rings. The number of carbonyl (C=O) groups is 4. The van der Waals surface area contributed by atoms with Crippen molar-refractivity contribution < 1.29 is 23.9 Å². The van der Waals surface area contributed by atoms with Crippen LogP contribution in [0.25, 0.3) is 0 Å². The number of nitrogens with zero attached hydrogens (tertiary/aromatic N) is 2. The maximum absolute atomic E-state index is 13.3. The quantitative estimate of drug-likeness (QED) is 0.278. The van der Waals surface area contributed by atoms with E-state index in [-0.39, 0.29) is 54.4 Å². The molecule has 2 aliphatic heterocycles. The number of aryl methyl sites for hydroxylation is 2. The maximum atomic E-state index is 13.3. The number of rotatable bonds is 4. The molecule has 6 aliphatic rings. The van der Waals surface area contributed by atoms with Crippen molar-refractivity contribution in [3.63, 3.8) is 0 Å². The van der Waals surface area contributed by atoms with Crippen LogP contribution in [0.5, 0.6) is 5.75 Å². The molecule has 188 valence electrons. The highest BCUT2D eigenvalue weighted by atomic mass is 16.5. The van der Waals surface area contributed by atoms with E-state index >= 15 is 0 Å². The number of anilines is 2. The van der Waals surface area contributed by atoms with Crippen molar-refractivity contribution in [2.24, 2.45) is 41.4 Å². The van der Waals surface area contributed by atoms with Crippen molar-refractivity contribution in [1.82, 2.24) is 0 Å². The SMILES string of the molecule is Cc1cc(C)cc(N2CC(C(=O)Oc3ccc(N4C(=O)C5C6C=CC(C7CC67)C5C4=O)cc3)CC2=O)c1. The average Bonchev–Trinajstić information content (AvgIpc) is 3.54. The van der Waals surface area contributed by atoms with Crippen molar-refractivity contribution in [3.8, 4) is 5.75 Å². The molecule has 7 atom stereocenters. The lowest BCUT2D eigenvalue weighted by Crippen LogP contribution is -2.40. The fourth-order valence-corrected chi connectivity index (χ4v) is 7.30. The van der Waals surface area contributed by atoms with E-state index in [1.807, 2.05) is 32.0 Å². The Morgan fingerprint density at radius 3 is 2.03 bits per heavy atom. The molecule has 2 bridgehead atoms. The molecular weight excluding hydrogens is 468 g/mol. The van der Waals surface area contributed by atoms with Gasteiger partial charge in [0.25, 0.3) is 0 Å². The fraction of sp³-hybridized carbons (Fsp3) is 0.400. The summed E-state index contributed by atoms with van der Waals surface area (Å²) in [6, 6.07) is 12.5. The van der Waals surface area contributed by atoms with E-state index < -0.39 is 11.9 Å². The third kappa shape index (κ3) is 3.40. The molecule has 2 saturated heterocycles. The number of hydrogen-bond acceptors (Lipinski definition) is 5. The van der Waals surface area contributed by atoms with Gasteiger partial charge in [-0.1, -0.05) is 18.2 Å². The minimum absolute atomic E-state index is 0.0990. The Labute approximate surface area is 215 Å². The minimum atomic E-state index is -0.563. The van der Waals surface area contributed by atoms with Crippen LogP contribution in [0.2, 0.25) is 0 Å². The molecule has 2 heterocycles. The van der Waals surface area contributed by atoms with E-state index in [9.17, 15) is 19.2 Å². The molecule has 7 heteroatoms. The Morgan fingerprint density at radius 1 is 0.838 bits per heavy atom. The van der Waals surface area contributed by atoms with E-state index in [0.717, 1.165) is 23.2 Å². The van der Waals surface area contributed by atoms with Gasteiger partial charge < -0.3 is 9.64 Å². The number of imide groups is 1. The Morgan fingerprint density at radius 2 is 1.43 bits per heavy atom. The van der Waals surface area contributed by atoms with Crippen molar-refractivity contribution in [1.29, 1.82) is 0 Å². The van der Waals surface area contributed by atoms with Crippen molar-refractivity contribution in [2.45, 2.75) is 26.7 Å². The molecule has 7 nitrogen and oxygen atoms in total. The van der Waals surface area contributed by atoms with Crippen LogP contribution in [0.1, 0.15) is 24.0 Å². The number of ether oxygens (including phenoxy) is 1. The van der Waals surface area contributed by atoms with Crippen LogP contribution < -0.4 is 14.5 Å². The Kier molecular flexibility index (Phi) is 4.78. The van der Waals surface area contributed by atoms with Crippen LogP contribution in [0.4, 0.5) is 11.4 Å². The summed E-state index contributed by atoms with van der Waals surface area (Å²) in [5, 5.41) is 0. The Balaban J connectivity index is 1.04. The highest BCUT2D eigenvalue weighted by molar-refractivity contribution is 6.22. The van der Waals surface area contributed by atoms with Gasteiger partial charge in [-0.15, -0.1) is 0 Å². The Bertz CT molecular complexity index is 1340. The number of carbonyl (C=O) groups excluding carboxylic acids is 4. The van der Waals surface area contributed by atoms with Crippen LogP contribution in [-0.4, -0.2) is 30.2 Å². The van der Waals surface area contributed by atoms with E-state index in [4.69, 9.17) is 4.74 Å². The summed E-state index contributed by atoms with van der Waals surface area (Å²) in [5.74, 6) is -0.0411. The molecule has 2 saturated carbocycles. The zero-order chi connectivity index (χ0) is 25.6. The molecule has 0 aromatic heterocycles. The lowest BCUT2D eigenvalue weighted by atomic mass is 9.63. The third-order valence-corrected chi connectivity index (χ3v) is 8.95. The molecule has 4 aliphatic carbocycles. The number of benzene rings is 2. The fourth-order valence-electron chi connectivity index (χ4n) is 7.30. The van der Waals surface area contributed by atoms with Gasteiger partial charge in [0, 0.05) is 18.7 Å². The summed E-state index contributed by atoms with van der Waals surface area (Å²) < 4.78 is 5.59. The summed E-state index contributed by atoms with van der Waals surface area (Å²) in [6.45, 7) is 4.23. The summed E-state index contributed by atoms with van der Waals surface area (Å²) in [7, 11) is 0. The predicted molar refractivity (Wildman–Crippen MR) is 136 cm³/mol. The predicted octanol–water partition coefficient (Wildman–Crippen LogP) is 3.82. The van der Waals surface area contributed by atoms with Gasteiger partial charge in [-0.2, -0.15) is 0 Å². The van der Waals surface area contributed by atoms with E-state index in [2.05, 4.69) is 12.2 Å². The molecule has 0 radical (unpaired) electrons. The second-order valence-electron chi connectivity index (χ2n) is 11.3. The van der Waals surface area contributed by atoms with Crippen LogP contribution in [-0.2, 0) is 19.2 Å². The van der Waals surface area contributed by atoms with Gasteiger partial charge in [0.2, 0.25) is 17.7 Å². The molecule has 8 rings (SSSR count). The maximum Gasteiger partial charge on any atom is 0.316 e. The van der Waals surface area contributed by atoms with E-state index in [0.29, 0.717) is 23.3 Å². The molecule has 0 spiro atoms. The van der Waals surface area contributed by atoms with E-state index in [1.165, 1.54) is 4.90 Å². The molecule has 3 amide bonds. The first-order chi connectivity index (χ1) is 17.8. The first-order valence-electron chi connectivity index (χ1n) is 13.1. The van der Waals surface area contributed by atoms with Crippen LogP contribution >= 0.6 is 0 Å². The van der Waals surface area contributed by atoms with Crippen molar-refractivity contribution >= 4 is 35.1 Å². The molecular formula is C30H28N2O5. The van der Waals surface area contributed by atoms with Gasteiger partial charge in [0.05, 0.1) is 23.4 Å². The lowest BCUT2D eigenvalue weighted by Gasteiger charge is -2.37.